The van der Waals surface area contributed by atoms with Gasteiger partial charge in [0, 0.05) is 12.8 Å². The summed E-state index contributed by atoms with van der Waals surface area (Å²) in [6.45, 7) is -0.580. The standard InChI is InChI=1S/C27H32O6/c28-18-23(29)24(30)25(31)26(32)27(16-20-10-4-1-5-11-20,17-21-12-6-2-7-13-21)33-19-22-14-8-3-9-15-22/h1-15,23-26,28-32H,16-19H2. The number of aliphatic hydroxyl groups is 5. The number of benzene rings is 3. The van der Waals surface area contributed by atoms with E-state index in [4.69, 9.17) is 4.74 Å². The highest BCUT2D eigenvalue weighted by Crippen LogP contribution is 2.31. The normalized spacial score (nSPS) is 15.5. The molecule has 5 N–H and O–H groups in total. The van der Waals surface area contributed by atoms with Crippen molar-refractivity contribution in [3.05, 3.63) is 108 Å². The summed E-state index contributed by atoms with van der Waals surface area (Å²) in [5.41, 5.74) is 1.31. The van der Waals surface area contributed by atoms with Crippen LogP contribution in [-0.2, 0) is 24.2 Å². The number of rotatable bonds is 12. The van der Waals surface area contributed by atoms with Crippen molar-refractivity contribution in [1.29, 1.82) is 0 Å². The molecule has 3 aromatic rings. The lowest BCUT2D eigenvalue weighted by molar-refractivity contribution is -0.196. The van der Waals surface area contributed by atoms with Crippen molar-refractivity contribution in [1.82, 2.24) is 0 Å². The smallest absolute Gasteiger partial charge is 0.112 e. The Labute approximate surface area is 194 Å². The molecule has 0 fully saturated rings. The Kier molecular flexibility index (Phi) is 9.14. The maximum atomic E-state index is 11.4. The Bertz CT molecular complexity index is 893. The fraction of sp³-hybridized carbons (Fsp3) is 0.333. The Hall–Kier alpha value is -2.58. The monoisotopic (exact) mass is 452 g/mol. The molecule has 0 radical (unpaired) electrons. The van der Waals surface area contributed by atoms with Crippen LogP contribution in [0.4, 0.5) is 0 Å². The van der Waals surface area contributed by atoms with E-state index in [0.29, 0.717) is 0 Å². The third-order valence-electron chi connectivity index (χ3n) is 5.86. The molecule has 6 heteroatoms. The van der Waals surface area contributed by atoms with Crippen LogP contribution >= 0.6 is 0 Å². The first-order valence-electron chi connectivity index (χ1n) is 11.0. The molecule has 0 bridgehead atoms. The summed E-state index contributed by atoms with van der Waals surface area (Å²) >= 11 is 0. The van der Waals surface area contributed by atoms with Gasteiger partial charge in [-0.05, 0) is 16.7 Å². The average molecular weight is 453 g/mol. The minimum atomic E-state index is -1.75. The zero-order valence-electron chi connectivity index (χ0n) is 18.4. The molecule has 0 heterocycles. The summed E-state index contributed by atoms with van der Waals surface area (Å²) in [4.78, 5) is 0. The van der Waals surface area contributed by atoms with Gasteiger partial charge in [0.05, 0.1) is 13.2 Å². The lowest BCUT2D eigenvalue weighted by Crippen LogP contribution is -2.59. The Morgan fingerprint density at radius 2 is 1.03 bits per heavy atom. The molecule has 0 aromatic heterocycles. The topological polar surface area (TPSA) is 110 Å². The molecule has 4 unspecified atom stereocenters. The maximum absolute atomic E-state index is 11.4. The van der Waals surface area contributed by atoms with Crippen molar-refractivity contribution in [2.24, 2.45) is 0 Å². The zero-order chi connectivity index (χ0) is 23.7. The minimum Gasteiger partial charge on any atom is -0.394 e. The molecule has 0 aliphatic heterocycles. The van der Waals surface area contributed by atoms with Crippen molar-refractivity contribution in [2.75, 3.05) is 6.61 Å². The van der Waals surface area contributed by atoms with Crippen LogP contribution < -0.4 is 0 Å². The molecule has 0 aliphatic rings. The Morgan fingerprint density at radius 1 is 0.606 bits per heavy atom. The molecule has 0 saturated heterocycles. The van der Waals surface area contributed by atoms with Crippen molar-refractivity contribution < 1.29 is 30.3 Å². The highest BCUT2D eigenvalue weighted by Gasteiger charge is 2.46. The van der Waals surface area contributed by atoms with Gasteiger partial charge < -0.3 is 30.3 Å². The van der Waals surface area contributed by atoms with Crippen LogP contribution in [0.25, 0.3) is 0 Å². The van der Waals surface area contributed by atoms with Crippen LogP contribution in [0.1, 0.15) is 16.7 Å². The van der Waals surface area contributed by atoms with Gasteiger partial charge in [-0.1, -0.05) is 91.0 Å². The van der Waals surface area contributed by atoms with Crippen LogP contribution in [0.3, 0.4) is 0 Å². The van der Waals surface area contributed by atoms with Crippen LogP contribution in [-0.4, -0.2) is 62.2 Å². The van der Waals surface area contributed by atoms with E-state index in [2.05, 4.69) is 0 Å². The summed E-state index contributed by atoms with van der Waals surface area (Å²) in [5, 5.41) is 51.7. The van der Waals surface area contributed by atoms with E-state index in [1.807, 2.05) is 91.0 Å². The fourth-order valence-corrected chi connectivity index (χ4v) is 3.98. The van der Waals surface area contributed by atoms with Crippen LogP contribution in [0.15, 0.2) is 91.0 Å². The largest absolute Gasteiger partial charge is 0.394 e. The van der Waals surface area contributed by atoms with Crippen LogP contribution in [0, 0.1) is 0 Å². The zero-order valence-corrected chi connectivity index (χ0v) is 18.4. The van der Waals surface area contributed by atoms with Gasteiger partial charge in [0.25, 0.3) is 0 Å². The van der Waals surface area contributed by atoms with Gasteiger partial charge in [0.1, 0.15) is 30.0 Å². The van der Waals surface area contributed by atoms with Crippen LogP contribution in [0.2, 0.25) is 0 Å². The average Bonchev–Trinajstić information content (AvgIpc) is 2.87. The third-order valence-corrected chi connectivity index (χ3v) is 5.86. The lowest BCUT2D eigenvalue weighted by Gasteiger charge is -2.42. The quantitative estimate of drug-likeness (QED) is 0.287. The molecule has 3 rings (SSSR count). The van der Waals surface area contributed by atoms with E-state index in [0.717, 1.165) is 16.7 Å². The molecule has 6 nitrogen and oxygen atoms in total. The summed E-state index contributed by atoms with van der Waals surface area (Å²) in [5.74, 6) is 0. The Morgan fingerprint density at radius 3 is 1.45 bits per heavy atom. The fourth-order valence-electron chi connectivity index (χ4n) is 3.98. The van der Waals surface area contributed by atoms with Gasteiger partial charge >= 0.3 is 0 Å². The highest BCUT2D eigenvalue weighted by molar-refractivity contribution is 5.24. The van der Waals surface area contributed by atoms with Crippen molar-refractivity contribution >= 4 is 0 Å². The van der Waals surface area contributed by atoms with Gasteiger partial charge in [-0.15, -0.1) is 0 Å². The number of hydrogen-bond acceptors (Lipinski definition) is 6. The van der Waals surface area contributed by atoms with Gasteiger partial charge in [-0.3, -0.25) is 0 Å². The van der Waals surface area contributed by atoms with E-state index in [1.165, 1.54) is 0 Å². The van der Waals surface area contributed by atoms with Gasteiger partial charge in [0.2, 0.25) is 0 Å². The van der Waals surface area contributed by atoms with Crippen molar-refractivity contribution in [2.45, 2.75) is 49.5 Å². The molecular formula is C27H32O6. The second kappa shape index (κ2) is 12.0. The maximum Gasteiger partial charge on any atom is 0.112 e. The summed E-state index contributed by atoms with van der Waals surface area (Å²) < 4.78 is 6.40. The van der Waals surface area contributed by atoms with E-state index >= 15 is 0 Å². The summed E-state index contributed by atoms with van der Waals surface area (Å²) in [6.07, 6.45) is -6.19. The van der Waals surface area contributed by atoms with Crippen molar-refractivity contribution in [3.8, 4) is 0 Å². The van der Waals surface area contributed by atoms with Gasteiger partial charge in [-0.25, -0.2) is 0 Å². The molecule has 3 aromatic carbocycles. The van der Waals surface area contributed by atoms with E-state index in [-0.39, 0.29) is 19.4 Å². The first-order chi connectivity index (χ1) is 15.9. The molecule has 0 saturated carbocycles. The molecule has 4 atom stereocenters. The second-order valence-corrected chi connectivity index (χ2v) is 8.34. The Balaban J connectivity index is 2.01. The van der Waals surface area contributed by atoms with Crippen LogP contribution in [0.5, 0.6) is 0 Å². The number of ether oxygens (including phenoxy) is 1. The van der Waals surface area contributed by atoms with Crippen molar-refractivity contribution in [3.63, 3.8) is 0 Å². The van der Waals surface area contributed by atoms with E-state index < -0.39 is 36.6 Å². The first-order valence-corrected chi connectivity index (χ1v) is 11.0. The molecule has 0 aliphatic carbocycles. The van der Waals surface area contributed by atoms with Gasteiger partial charge in [-0.2, -0.15) is 0 Å². The first kappa shape index (κ1) is 25.1. The lowest BCUT2D eigenvalue weighted by atomic mass is 9.79. The summed E-state index contributed by atoms with van der Waals surface area (Å²) in [6, 6.07) is 28.4. The van der Waals surface area contributed by atoms with E-state index in [1.54, 1.807) is 0 Å². The molecule has 176 valence electrons. The highest BCUT2D eigenvalue weighted by atomic mass is 16.5. The number of hydrogen-bond donors (Lipinski definition) is 5. The molecule has 0 amide bonds. The molecule has 33 heavy (non-hydrogen) atoms. The predicted octanol–water partition coefficient (Wildman–Crippen LogP) is 1.86. The number of aliphatic hydroxyl groups excluding tert-OH is 5. The molecule has 0 spiro atoms. The second-order valence-electron chi connectivity index (χ2n) is 8.34. The third kappa shape index (κ3) is 6.71. The SMILES string of the molecule is OCC(O)C(O)C(O)C(O)C(Cc1ccccc1)(Cc1ccccc1)OCc1ccccc1. The van der Waals surface area contributed by atoms with E-state index in [9.17, 15) is 25.5 Å². The predicted molar refractivity (Wildman–Crippen MR) is 125 cm³/mol. The van der Waals surface area contributed by atoms with Gasteiger partial charge in [0.15, 0.2) is 0 Å². The summed E-state index contributed by atoms with van der Waals surface area (Å²) in [7, 11) is 0. The minimum absolute atomic E-state index is 0.170. The molecular weight excluding hydrogens is 420 g/mol.